The van der Waals surface area contributed by atoms with E-state index in [9.17, 15) is 19.7 Å². The van der Waals surface area contributed by atoms with Gasteiger partial charge in [0, 0.05) is 25.1 Å². The van der Waals surface area contributed by atoms with Gasteiger partial charge in [0.25, 0.3) is 5.69 Å². The van der Waals surface area contributed by atoms with Crippen LogP contribution in [-0.2, 0) is 14.3 Å². The molecule has 1 atom stereocenters. The van der Waals surface area contributed by atoms with Crippen molar-refractivity contribution in [2.75, 3.05) is 31.6 Å². The predicted molar refractivity (Wildman–Crippen MR) is 139 cm³/mol. The highest BCUT2D eigenvalue weighted by Gasteiger charge is 2.33. The number of aryl methyl sites for hydroxylation is 1. The minimum Gasteiger partial charge on any atom is -0.379 e. The van der Waals surface area contributed by atoms with Gasteiger partial charge in [-0.15, -0.1) is 0 Å². The van der Waals surface area contributed by atoms with Crippen LogP contribution in [0.1, 0.15) is 50.3 Å². The number of rotatable bonds is 11. The SMILES string of the molecule is Cc1ccc(NC(=O)C(c2ccccc2)N2CCC(C(=O)NCCCOC(C)C)CC2)c([N+](=O)[O-])c1. The molecule has 9 heteroatoms. The number of nitro benzene ring substituents is 1. The molecule has 0 saturated carbocycles. The van der Waals surface area contributed by atoms with Gasteiger partial charge in [0.15, 0.2) is 0 Å². The number of nitro groups is 1. The van der Waals surface area contributed by atoms with E-state index in [0.717, 1.165) is 17.5 Å². The van der Waals surface area contributed by atoms with Crippen molar-refractivity contribution in [3.05, 3.63) is 69.8 Å². The van der Waals surface area contributed by atoms with Crippen molar-refractivity contribution < 1.29 is 19.2 Å². The first kappa shape index (κ1) is 27.3. The fourth-order valence-corrected chi connectivity index (χ4v) is 4.43. The molecule has 3 rings (SSSR count). The van der Waals surface area contributed by atoms with Crippen LogP contribution in [0.4, 0.5) is 11.4 Å². The van der Waals surface area contributed by atoms with Gasteiger partial charge in [0.2, 0.25) is 11.8 Å². The molecule has 0 bridgehead atoms. The van der Waals surface area contributed by atoms with Gasteiger partial charge in [0.05, 0.1) is 11.0 Å². The van der Waals surface area contributed by atoms with Crippen molar-refractivity contribution in [3.8, 4) is 0 Å². The summed E-state index contributed by atoms with van der Waals surface area (Å²) in [4.78, 5) is 39.2. The summed E-state index contributed by atoms with van der Waals surface area (Å²) in [6, 6.07) is 13.5. The van der Waals surface area contributed by atoms with E-state index < -0.39 is 11.0 Å². The molecule has 1 aliphatic rings. The Morgan fingerprint density at radius 1 is 1.14 bits per heavy atom. The minimum atomic E-state index is -0.621. The Morgan fingerprint density at radius 3 is 2.47 bits per heavy atom. The maximum atomic E-state index is 13.5. The van der Waals surface area contributed by atoms with Crippen LogP contribution in [0.15, 0.2) is 48.5 Å². The molecule has 2 amide bonds. The highest BCUT2D eigenvalue weighted by molar-refractivity contribution is 5.97. The monoisotopic (exact) mass is 496 g/mol. The first-order valence-corrected chi connectivity index (χ1v) is 12.5. The Labute approximate surface area is 212 Å². The van der Waals surface area contributed by atoms with Crippen LogP contribution in [-0.4, -0.2) is 54.0 Å². The molecule has 2 N–H and O–H groups in total. The third kappa shape index (κ3) is 7.60. The van der Waals surface area contributed by atoms with E-state index in [2.05, 4.69) is 10.6 Å². The van der Waals surface area contributed by atoms with Crippen molar-refractivity contribution in [2.24, 2.45) is 5.92 Å². The lowest BCUT2D eigenvalue weighted by Gasteiger charge is -2.36. The zero-order valence-electron chi connectivity index (χ0n) is 21.2. The third-order valence-corrected chi connectivity index (χ3v) is 6.31. The van der Waals surface area contributed by atoms with E-state index in [-0.39, 0.29) is 35.2 Å². The average Bonchev–Trinajstić information content (AvgIpc) is 2.85. The fourth-order valence-electron chi connectivity index (χ4n) is 4.43. The number of benzene rings is 2. The summed E-state index contributed by atoms with van der Waals surface area (Å²) in [5.74, 6) is -0.402. The number of carbonyl (C=O) groups excluding carboxylic acids is 2. The van der Waals surface area contributed by atoms with Crippen molar-refractivity contribution in [3.63, 3.8) is 0 Å². The molecule has 1 saturated heterocycles. The van der Waals surface area contributed by atoms with Gasteiger partial charge in [-0.2, -0.15) is 0 Å². The molecular formula is C27H36N4O5. The number of nitrogens with zero attached hydrogens (tertiary/aromatic N) is 2. The Balaban J connectivity index is 1.65. The first-order chi connectivity index (χ1) is 17.3. The summed E-state index contributed by atoms with van der Waals surface area (Å²) in [6.07, 6.45) is 2.21. The van der Waals surface area contributed by atoms with Gasteiger partial charge >= 0.3 is 0 Å². The Morgan fingerprint density at radius 2 is 1.83 bits per heavy atom. The summed E-state index contributed by atoms with van der Waals surface area (Å²) in [5.41, 5.74) is 1.58. The Bertz CT molecular complexity index is 1040. The molecular weight excluding hydrogens is 460 g/mol. The number of nitrogens with one attached hydrogen (secondary N) is 2. The number of anilines is 1. The zero-order chi connectivity index (χ0) is 26.1. The minimum absolute atomic E-state index is 0.0372. The van der Waals surface area contributed by atoms with Crippen molar-refractivity contribution in [2.45, 2.75) is 52.2 Å². The second-order valence-corrected chi connectivity index (χ2v) is 9.45. The number of carbonyl (C=O) groups is 2. The molecule has 1 aliphatic heterocycles. The highest BCUT2D eigenvalue weighted by Crippen LogP contribution is 2.31. The largest absolute Gasteiger partial charge is 0.379 e. The summed E-state index contributed by atoms with van der Waals surface area (Å²) < 4.78 is 5.51. The Kier molecular flexibility index (Phi) is 9.95. The molecule has 0 radical (unpaired) electrons. The average molecular weight is 497 g/mol. The van der Waals surface area contributed by atoms with Crippen LogP contribution < -0.4 is 10.6 Å². The van der Waals surface area contributed by atoms with E-state index in [1.165, 1.54) is 6.07 Å². The summed E-state index contributed by atoms with van der Waals surface area (Å²) in [7, 11) is 0. The molecule has 0 aliphatic carbocycles. The van der Waals surface area contributed by atoms with Gasteiger partial charge in [-0.25, -0.2) is 0 Å². The van der Waals surface area contributed by atoms with Crippen molar-refractivity contribution in [1.29, 1.82) is 0 Å². The van der Waals surface area contributed by atoms with E-state index in [1.807, 2.05) is 49.1 Å². The number of hydrogen-bond acceptors (Lipinski definition) is 6. The van der Waals surface area contributed by atoms with Gasteiger partial charge in [-0.05, 0) is 70.3 Å². The third-order valence-electron chi connectivity index (χ3n) is 6.31. The zero-order valence-corrected chi connectivity index (χ0v) is 21.2. The number of piperidine rings is 1. The van der Waals surface area contributed by atoms with Crippen LogP contribution in [0.5, 0.6) is 0 Å². The Hall–Kier alpha value is -3.30. The number of hydrogen-bond donors (Lipinski definition) is 2. The maximum Gasteiger partial charge on any atom is 0.293 e. The van der Waals surface area contributed by atoms with Crippen LogP contribution in [0.25, 0.3) is 0 Å². The predicted octanol–water partition coefficient (Wildman–Crippen LogP) is 4.23. The molecule has 9 nitrogen and oxygen atoms in total. The van der Waals surface area contributed by atoms with Crippen molar-refractivity contribution >= 4 is 23.2 Å². The van der Waals surface area contributed by atoms with Gasteiger partial charge in [-0.1, -0.05) is 36.4 Å². The lowest BCUT2D eigenvalue weighted by Crippen LogP contribution is -2.45. The molecule has 36 heavy (non-hydrogen) atoms. The number of ether oxygens (including phenoxy) is 1. The molecule has 2 aromatic carbocycles. The maximum absolute atomic E-state index is 13.5. The molecule has 194 valence electrons. The van der Waals surface area contributed by atoms with Crippen LogP contribution >= 0.6 is 0 Å². The van der Waals surface area contributed by atoms with E-state index >= 15 is 0 Å². The smallest absolute Gasteiger partial charge is 0.293 e. The van der Waals surface area contributed by atoms with E-state index in [1.54, 1.807) is 19.1 Å². The van der Waals surface area contributed by atoms with E-state index in [0.29, 0.717) is 39.1 Å². The molecule has 1 unspecified atom stereocenters. The normalized spacial score (nSPS) is 15.4. The first-order valence-electron chi connectivity index (χ1n) is 12.5. The molecule has 2 aromatic rings. The second-order valence-electron chi connectivity index (χ2n) is 9.45. The van der Waals surface area contributed by atoms with Gasteiger partial charge in [0.1, 0.15) is 11.7 Å². The summed E-state index contributed by atoms with van der Waals surface area (Å²) in [5, 5.41) is 17.3. The standard InChI is InChI=1S/C27H36N4O5/c1-19(2)36-17-7-14-28-26(32)22-12-15-30(16-13-22)25(21-8-5-4-6-9-21)27(33)29-23-11-10-20(3)18-24(23)31(34)35/h4-6,8-11,18-19,22,25H,7,12-17H2,1-3H3,(H,28,32)(H,29,33). The van der Waals surface area contributed by atoms with Crippen molar-refractivity contribution in [1.82, 2.24) is 10.2 Å². The lowest BCUT2D eigenvalue weighted by atomic mass is 9.93. The van der Waals surface area contributed by atoms with Gasteiger partial charge in [-0.3, -0.25) is 24.6 Å². The molecule has 0 aromatic heterocycles. The number of likely N-dealkylation sites (tertiary alicyclic amines) is 1. The van der Waals surface area contributed by atoms with Crippen LogP contribution in [0, 0.1) is 23.0 Å². The second kappa shape index (κ2) is 13.1. The van der Waals surface area contributed by atoms with Gasteiger partial charge < -0.3 is 15.4 Å². The lowest BCUT2D eigenvalue weighted by molar-refractivity contribution is -0.384. The van der Waals surface area contributed by atoms with Crippen LogP contribution in [0.3, 0.4) is 0 Å². The molecule has 1 heterocycles. The molecule has 0 spiro atoms. The van der Waals surface area contributed by atoms with Crippen LogP contribution in [0.2, 0.25) is 0 Å². The summed E-state index contributed by atoms with van der Waals surface area (Å²) >= 11 is 0. The number of amides is 2. The topological polar surface area (TPSA) is 114 Å². The fraction of sp³-hybridized carbons (Fsp3) is 0.481. The van der Waals surface area contributed by atoms with E-state index in [4.69, 9.17) is 4.74 Å². The summed E-state index contributed by atoms with van der Waals surface area (Å²) in [6.45, 7) is 8.06. The molecule has 1 fully saturated rings. The highest BCUT2D eigenvalue weighted by atomic mass is 16.6. The quantitative estimate of drug-likeness (QED) is 0.273.